The van der Waals surface area contributed by atoms with E-state index in [4.69, 9.17) is 18.5 Å². The Morgan fingerprint density at radius 1 is 1.02 bits per heavy atom. The van der Waals surface area contributed by atoms with E-state index >= 15 is 0 Å². The highest BCUT2D eigenvalue weighted by Gasteiger charge is 2.51. The number of rotatable bonds is 14. The minimum Gasteiger partial charge on any atom is -0.455 e. The number of hydrogen-bond donors (Lipinski definition) is 2. The second-order valence-corrected chi connectivity index (χ2v) is 15.9. The molecule has 12 heteroatoms. The van der Waals surface area contributed by atoms with E-state index in [-0.39, 0.29) is 34.8 Å². The van der Waals surface area contributed by atoms with Gasteiger partial charge in [-0.3, -0.25) is 9.52 Å². The van der Waals surface area contributed by atoms with Crippen molar-refractivity contribution in [3.8, 4) is 11.3 Å². The number of halogens is 1. The van der Waals surface area contributed by atoms with Crippen LogP contribution in [0.15, 0.2) is 71.1 Å². The van der Waals surface area contributed by atoms with Gasteiger partial charge in [0, 0.05) is 30.7 Å². The summed E-state index contributed by atoms with van der Waals surface area (Å²) in [5.74, 6) is -0.781. The van der Waals surface area contributed by atoms with Crippen LogP contribution < -0.4 is 10.0 Å². The van der Waals surface area contributed by atoms with Crippen molar-refractivity contribution in [3.63, 3.8) is 0 Å². The van der Waals surface area contributed by atoms with Crippen LogP contribution in [0.25, 0.3) is 22.3 Å². The average molecular weight is 691 g/mol. The normalized spacial score (nSPS) is 17.7. The summed E-state index contributed by atoms with van der Waals surface area (Å²) in [7, 11) is -2.79. The van der Waals surface area contributed by atoms with Crippen LogP contribution >= 0.6 is 0 Å². The first kappa shape index (κ1) is 35.1. The molecule has 1 saturated heterocycles. The van der Waals surface area contributed by atoms with Crippen LogP contribution in [0.5, 0.6) is 0 Å². The lowest BCUT2D eigenvalue weighted by atomic mass is 9.76. The number of hydrogen-bond acceptors (Lipinski definition) is 7. The predicted molar refractivity (Wildman–Crippen MR) is 189 cm³/mol. The van der Waals surface area contributed by atoms with E-state index in [1.165, 1.54) is 19.2 Å². The molecule has 2 aliphatic rings. The molecule has 3 aromatic carbocycles. The number of benzene rings is 3. The van der Waals surface area contributed by atoms with E-state index in [0.717, 1.165) is 24.0 Å². The maximum Gasteiger partial charge on any atom is 0.458 e. The van der Waals surface area contributed by atoms with Crippen LogP contribution in [-0.4, -0.2) is 52.1 Å². The number of sulfonamides is 1. The third-order valence-electron chi connectivity index (χ3n) is 9.77. The smallest absolute Gasteiger partial charge is 0.455 e. The van der Waals surface area contributed by atoms with Crippen LogP contribution in [0.2, 0.25) is 6.32 Å². The molecule has 9 nitrogen and oxygen atoms in total. The highest BCUT2D eigenvalue weighted by molar-refractivity contribution is 7.92. The highest BCUT2D eigenvalue weighted by atomic mass is 32.2. The Balaban J connectivity index is 1.23. The van der Waals surface area contributed by atoms with Crippen LogP contribution in [0, 0.1) is 11.7 Å². The molecule has 0 spiro atoms. The molecular formula is C37H44BFN2O7S. The fraction of sp³-hybridized carbons (Fsp3) is 0.432. The molecule has 1 atom stereocenters. The number of carbonyl (C=O) groups is 1. The molecule has 2 heterocycles. The average Bonchev–Trinajstić information content (AvgIpc) is 3.78. The van der Waals surface area contributed by atoms with Crippen molar-refractivity contribution in [1.29, 1.82) is 0 Å². The van der Waals surface area contributed by atoms with Gasteiger partial charge in [0.2, 0.25) is 10.0 Å². The quantitative estimate of drug-likeness (QED) is 0.131. The molecule has 2 N–H and O–H groups in total. The number of nitrogens with one attached hydrogen (secondary N) is 2. The third-order valence-corrected chi connectivity index (χ3v) is 11.1. The zero-order chi connectivity index (χ0) is 35.0. The van der Waals surface area contributed by atoms with Crippen LogP contribution in [-0.2, 0) is 30.7 Å². The molecular weight excluding hydrogens is 646 g/mol. The summed E-state index contributed by atoms with van der Waals surface area (Å²) in [5.41, 5.74) is 2.26. The minimum absolute atomic E-state index is 0.148. The largest absolute Gasteiger partial charge is 0.458 e. The van der Waals surface area contributed by atoms with Crippen LogP contribution in [0.1, 0.15) is 74.4 Å². The number of carbonyl (C=O) groups excluding carboxylic acids is 1. The molecule has 0 bridgehead atoms. The van der Waals surface area contributed by atoms with Crippen LogP contribution in [0.4, 0.5) is 10.1 Å². The van der Waals surface area contributed by atoms with Gasteiger partial charge < -0.3 is 23.8 Å². The highest BCUT2D eigenvalue weighted by Crippen LogP contribution is 2.47. The summed E-state index contributed by atoms with van der Waals surface area (Å²) in [6.45, 7) is 8.73. The first-order chi connectivity index (χ1) is 23.2. The Hall–Kier alpha value is -3.71. The number of amides is 1. The lowest BCUT2D eigenvalue weighted by molar-refractivity contribution is 0.00578. The van der Waals surface area contributed by atoms with Gasteiger partial charge in [0.1, 0.15) is 17.2 Å². The lowest BCUT2D eigenvalue weighted by Gasteiger charge is -2.32. The van der Waals surface area contributed by atoms with E-state index < -0.39 is 34.2 Å². The van der Waals surface area contributed by atoms with E-state index in [2.05, 4.69) is 10.0 Å². The molecule has 1 unspecified atom stereocenters. The molecule has 260 valence electrons. The second kappa shape index (κ2) is 13.9. The monoisotopic (exact) mass is 690 g/mol. The van der Waals surface area contributed by atoms with Gasteiger partial charge >= 0.3 is 7.12 Å². The van der Waals surface area contributed by atoms with E-state index in [9.17, 15) is 17.6 Å². The SMILES string of the molecule is CNC(=O)c1c(-c2cccc(F)c2)oc2cc(NS(=O)(=O)CCC(COCc3ccccc3)CB3OC(C)(C)C(C)(C)O3)c(C3CC3)cc12. The lowest BCUT2D eigenvalue weighted by Crippen LogP contribution is -2.41. The fourth-order valence-electron chi connectivity index (χ4n) is 6.22. The van der Waals surface area contributed by atoms with Gasteiger partial charge in [-0.2, -0.15) is 0 Å². The zero-order valence-electron chi connectivity index (χ0n) is 28.7. The summed E-state index contributed by atoms with van der Waals surface area (Å²) < 4.78 is 69.1. The van der Waals surface area contributed by atoms with E-state index in [0.29, 0.717) is 48.2 Å². The van der Waals surface area contributed by atoms with Gasteiger partial charge in [-0.1, -0.05) is 42.5 Å². The van der Waals surface area contributed by atoms with Gasteiger partial charge in [-0.25, -0.2) is 12.8 Å². The maximum atomic E-state index is 14.2. The van der Waals surface area contributed by atoms with Crippen molar-refractivity contribution in [2.24, 2.45) is 5.92 Å². The summed E-state index contributed by atoms with van der Waals surface area (Å²) in [6, 6.07) is 19.2. The van der Waals surface area contributed by atoms with Crippen molar-refractivity contribution >= 4 is 39.7 Å². The van der Waals surface area contributed by atoms with Crippen molar-refractivity contribution < 1.29 is 36.1 Å². The predicted octanol–water partition coefficient (Wildman–Crippen LogP) is 7.53. The number of anilines is 1. The molecule has 1 amide bonds. The Bertz CT molecular complexity index is 1910. The standard InChI is InChI=1S/C37H44BFN2O7S/c1-36(2)37(3,4)48-38(47-36)21-25(23-45-22-24-10-7-6-8-11-24)16-17-49(43,44)41-31-20-32-30(19-29(31)26-14-15-26)33(35(42)40-5)34(46-32)27-12-9-13-28(39)18-27/h6-13,18-20,25-26,41H,14-17,21-23H2,1-5H3,(H,40,42). The van der Waals surface area contributed by atoms with Gasteiger partial charge in [0.05, 0.1) is 34.8 Å². The fourth-order valence-corrected chi connectivity index (χ4v) is 7.48. The molecule has 1 saturated carbocycles. The van der Waals surface area contributed by atoms with Crippen LogP contribution in [0.3, 0.4) is 0 Å². The Morgan fingerprint density at radius 2 is 1.73 bits per heavy atom. The van der Waals surface area contributed by atoms with Crippen molar-refractivity contribution in [3.05, 3.63) is 89.2 Å². The zero-order valence-corrected chi connectivity index (χ0v) is 29.5. The molecule has 0 radical (unpaired) electrons. The third kappa shape index (κ3) is 8.04. The number of ether oxygens (including phenoxy) is 1. The summed E-state index contributed by atoms with van der Waals surface area (Å²) in [6.07, 6.45) is 2.60. The van der Waals surface area contributed by atoms with Crippen molar-refractivity contribution in [2.45, 2.75) is 77.0 Å². The first-order valence-electron chi connectivity index (χ1n) is 16.8. The van der Waals surface area contributed by atoms with Crippen molar-refractivity contribution in [1.82, 2.24) is 5.32 Å². The Morgan fingerprint density at radius 3 is 2.39 bits per heavy atom. The summed E-state index contributed by atoms with van der Waals surface area (Å²) in [4.78, 5) is 13.1. The molecule has 1 aromatic heterocycles. The van der Waals surface area contributed by atoms with E-state index in [1.807, 2.05) is 64.1 Å². The topological polar surface area (TPSA) is 116 Å². The summed E-state index contributed by atoms with van der Waals surface area (Å²) >= 11 is 0. The van der Waals surface area contributed by atoms with E-state index in [1.54, 1.807) is 18.2 Å². The first-order valence-corrected chi connectivity index (χ1v) is 18.5. The molecule has 6 rings (SSSR count). The number of fused-ring (bicyclic) bond motifs is 1. The summed E-state index contributed by atoms with van der Waals surface area (Å²) in [5, 5.41) is 3.20. The molecule has 1 aliphatic heterocycles. The van der Waals surface area contributed by atoms with Gasteiger partial charge in [-0.15, -0.1) is 0 Å². The van der Waals surface area contributed by atoms with Crippen molar-refractivity contribution in [2.75, 3.05) is 24.1 Å². The van der Waals surface area contributed by atoms with Gasteiger partial charge in [0.25, 0.3) is 5.91 Å². The molecule has 4 aromatic rings. The minimum atomic E-state index is -3.82. The molecule has 2 fully saturated rings. The molecule has 49 heavy (non-hydrogen) atoms. The maximum absolute atomic E-state index is 14.2. The van der Waals surface area contributed by atoms with Gasteiger partial charge in [0.15, 0.2) is 0 Å². The van der Waals surface area contributed by atoms with Gasteiger partial charge in [-0.05, 0) is 94.4 Å². The Kier molecular flexibility index (Phi) is 9.96. The number of furan rings is 1. The molecule has 1 aliphatic carbocycles. The Labute approximate surface area is 288 Å². The second-order valence-electron chi connectivity index (χ2n) is 14.1.